The molecular weight excluding hydrogens is 228 g/mol. The first-order valence-electron chi connectivity index (χ1n) is 6.17. The normalized spacial score (nSPS) is 14.6. The monoisotopic (exact) mass is 252 g/mol. The van der Waals surface area contributed by atoms with Gasteiger partial charge in [0.15, 0.2) is 0 Å². The molecular formula is C14H24N2O2. The number of aliphatic hydroxyl groups is 1. The number of methoxy groups -OCH3 is 1. The summed E-state index contributed by atoms with van der Waals surface area (Å²) < 4.78 is 5.22. The molecule has 0 spiro atoms. The third-order valence-corrected chi connectivity index (χ3v) is 3.10. The summed E-state index contributed by atoms with van der Waals surface area (Å²) in [5.74, 6) is 0.807. The van der Waals surface area contributed by atoms with Crippen molar-refractivity contribution in [2.45, 2.75) is 12.5 Å². The van der Waals surface area contributed by atoms with Gasteiger partial charge in [0, 0.05) is 13.1 Å². The van der Waals surface area contributed by atoms with Crippen molar-refractivity contribution in [3.05, 3.63) is 29.8 Å². The van der Waals surface area contributed by atoms with Crippen LogP contribution in [0.1, 0.15) is 12.5 Å². The fraction of sp³-hybridized carbons (Fsp3) is 0.571. The first kappa shape index (κ1) is 15.0. The summed E-state index contributed by atoms with van der Waals surface area (Å²) in [6.07, 6.45) is 0. The lowest BCUT2D eigenvalue weighted by Crippen LogP contribution is -2.45. The van der Waals surface area contributed by atoms with E-state index in [2.05, 4.69) is 10.2 Å². The second-order valence-corrected chi connectivity index (χ2v) is 4.95. The highest BCUT2D eigenvalue weighted by Crippen LogP contribution is 2.23. The van der Waals surface area contributed by atoms with E-state index in [1.165, 1.54) is 0 Å². The van der Waals surface area contributed by atoms with Gasteiger partial charge in [-0.05, 0) is 38.7 Å². The Balaban J connectivity index is 2.78. The number of benzene rings is 1. The lowest BCUT2D eigenvalue weighted by molar-refractivity contribution is 0.171. The molecule has 1 unspecified atom stereocenters. The molecule has 102 valence electrons. The molecule has 0 aromatic heterocycles. The van der Waals surface area contributed by atoms with Gasteiger partial charge < -0.3 is 20.1 Å². The van der Waals surface area contributed by atoms with Crippen molar-refractivity contribution in [2.24, 2.45) is 0 Å². The van der Waals surface area contributed by atoms with Crippen LogP contribution in [0.2, 0.25) is 0 Å². The van der Waals surface area contributed by atoms with Crippen LogP contribution >= 0.6 is 0 Å². The first-order valence-corrected chi connectivity index (χ1v) is 6.17. The fourth-order valence-electron chi connectivity index (χ4n) is 1.77. The summed E-state index contributed by atoms with van der Waals surface area (Å²) in [6, 6.07) is 7.80. The van der Waals surface area contributed by atoms with Crippen molar-refractivity contribution in [3.8, 4) is 5.75 Å². The number of likely N-dealkylation sites (N-methyl/N-ethyl adjacent to an activating group) is 1. The number of rotatable bonds is 7. The Kier molecular flexibility index (Phi) is 5.59. The topological polar surface area (TPSA) is 44.7 Å². The van der Waals surface area contributed by atoms with E-state index in [4.69, 9.17) is 4.74 Å². The van der Waals surface area contributed by atoms with Gasteiger partial charge in [-0.15, -0.1) is 0 Å². The Hall–Kier alpha value is -1.10. The van der Waals surface area contributed by atoms with E-state index in [-0.39, 0.29) is 6.61 Å². The molecule has 0 saturated heterocycles. The largest absolute Gasteiger partial charge is 0.497 e. The molecule has 0 fully saturated rings. The Morgan fingerprint density at radius 1 is 1.39 bits per heavy atom. The van der Waals surface area contributed by atoms with Crippen LogP contribution in [0.4, 0.5) is 0 Å². The van der Waals surface area contributed by atoms with E-state index in [1.807, 2.05) is 45.3 Å². The van der Waals surface area contributed by atoms with Crippen molar-refractivity contribution in [2.75, 3.05) is 40.9 Å². The minimum Gasteiger partial charge on any atom is -0.497 e. The molecule has 1 rings (SSSR count). The number of nitrogens with one attached hydrogen (secondary N) is 1. The van der Waals surface area contributed by atoms with E-state index < -0.39 is 5.54 Å². The van der Waals surface area contributed by atoms with Crippen molar-refractivity contribution in [3.63, 3.8) is 0 Å². The standard InChI is InChI=1S/C14H24N2O2/c1-14(11-17,15-8-9-16(2)3)12-6-5-7-13(10-12)18-4/h5-7,10,15,17H,8-9,11H2,1-4H3. The smallest absolute Gasteiger partial charge is 0.119 e. The zero-order valence-electron chi connectivity index (χ0n) is 11.7. The number of hydrogen-bond donors (Lipinski definition) is 2. The third-order valence-electron chi connectivity index (χ3n) is 3.10. The van der Waals surface area contributed by atoms with Gasteiger partial charge in [-0.3, -0.25) is 0 Å². The van der Waals surface area contributed by atoms with Crippen molar-refractivity contribution in [1.82, 2.24) is 10.2 Å². The highest BCUT2D eigenvalue weighted by Gasteiger charge is 2.25. The summed E-state index contributed by atoms with van der Waals surface area (Å²) in [6.45, 7) is 3.80. The van der Waals surface area contributed by atoms with Crippen LogP contribution in [0.25, 0.3) is 0 Å². The summed E-state index contributed by atoms with van der Waals surface area (Å²) in [5.41, 5.74) is 0.591. The lowest BCUT2D eigenvalue weighted by atomic mass is 9.92. The molecule has 0 aliphatic heterocycles. The van der Waals surface area contributed by atoms with E-state index in [9.17, 15) is 5.11 Å². The van der Waals surface area contributed by atoms with E-state index >= 15 is 0 Å². The van der Waals surface area contributed by atoms with E-state index in [0.717, 1.165) is 24.4 Å². The maximum absolute atomic E-state index is 9.65. The average molecular weight is 252 g/mol. The number of nitrogens with zero attached hydrogens (tertiary/aromatic N) is 1. The van der Waals surface area contributed by atoms with Crippen molar-refractivity contribution >= 4 is 0 Å². The quantitative estimate of drug-likeness (QED) is 0.761. The molecule has 4 nitrogen and oxygen atoms in total. The number of aliphatic hydroxyl groups excluding tert-OH is 1. The highest BCUT2D eigenvalue weighted by molar-refractivity contribution is 5.33. The zero-order chi connectivity index (χ0) is 13.6. The Labute approximate surface area is 110 Å². The van der Waals surface area contributed by atoms with Crippen LogP contribution in [0.5, 0.6) is 5.75 Å². The molecule has 0 aliphatic rings. The van der Waals surface area contributed by atoms with Gasteiger partial charge in [0.2, 0.25) is 0 Å². The van der Waals surface area contributed by atoms with Crippen LogP contribution in [0.15, 0.2) is 24.3 Å². The average Bonchev–Trinajstić information content (AvgIpc) is 2.38. The summed E-state index contributed by atoms with van der Waals surface area (Å²) in [4.78, 5) is 2.11. The minimum absolute atomic E-state index is 0.0492. The highest BCUT2D eigenvalue weighted by atomic mass is 16.5. The first-order chi connectivity index (χ1) is 8.51. The van der Waals surface area contributed by atoms with Crippen molar-refractivity contribution in [1.29, 1.82) is 0 Å². The molecule has 0 radical (unpaired) electrons. The van der Waals surface area contributed by atoms with Crippen LogP contribution in [0, 0.1) is 0 Å². The number of hydrogen-bond acceptors (Lipinski definition) is 4. The zero-order valence-corrected chi connectivity index (χ0v) is 11.7. The molecule has 4 heteroatoms. The molecule has 0 saturated carbocycles. The Morgan fingerprint density at radius 2 is 2.11 bits per heavy atom. The van der Waals surface area contributed by atoms with Crippen molar-refractivity contribution < 1.29 is 9.84 Å². The lowest BCUT2D eigenvalue weighted by Gasteiger charge is -2.30. The summed E-state index contributed by atoms with van der Waals surface area (Å²) >= 11 is 0. The molecule has 0 amide bonds. The van der Waals surface area contributed by atoms with Gasteiger partial charge in [-0.2, -0.15) is 0 Å². The van der Waals surface area contributed by atoms with E-state index in [0.29, 0.717) is 0 Å². The minimum atomic E-state index is -0.440. The molecule has 2 N–H and O–H groups in total. The van der Waals surface area contributed by atoms with Gasteiger partial charge in [0.25, 0.3) is 0 Å². The van der Waals surface area contributed by atoms with Crippen LogP contribution in [-0.4, -0.2) is 50.9 Å². The van der Waals surface area contributed by atoms with Gasteiger partial charge in [-0.1, -0.05) is 12.1 Å². The molecule has 0 bridgehead atoms. The maximum atomic E-state index is 9.65. The van der Waals surface area contributed by atoms with Gasteiger partial charge in [-0.25, -0.2) is 0 Å². The Bertz CT molecular complexity index is 369. The molecule has 0 heterocycles. The SMILES string of the molecule is COc1cccc(C(C)(CO)NCCN(C)C)c1. The van der Waals surface area contributed by atoms with Gasteiger partial charge in [0.05, 0.1) is 19.3 Å². The second-order valence-electron chi connectivity index (χ2n) is 4.95. The predicted molar refractivity (Wildman–Crippen MR) is 74.0 cm³/mol. The van der Waals surface area contributed by atoms with Crippen LogP contribution in [0.3, 0.4) is 0 Å². The van der Waals surface area contributed by atoms with Gasteiger partial charge >= 0.3 is 0 Å². The van der Waals surface area contributed by atoms with Crippen LogP contribution in [-0.2, 0) is 5.54 Å². The molecule has 1 aromatic rings. The Morgan fingerprint density at radius 3 is 2.67 bits per heavy atom. The van der Waals surface area contributed by atoms with E-state index in [1.54, 1.807) is 7.11 Å². The molecule has 1 atom stereocenters. The summed E-state index contributed by atoms with van der Waals surface area (Å²) in [5, 5.41) is 13.0. The molecule has 1 aromatic carbocycles. The molecule has 0 aliphatic carbocycles. The molecule has 18 heavy (non-hydrogen) atoms. The maximum Gasteiger partial charge on any atom is 0.119 e. The second kappa shape index (κ2) is 6.73. The summed E-state index contributed by atoms with van der Waals surface area (Å²) in [7, 11) is 5.71. The van der Waals surface area contributed by atoms with Gasteiger partial charge in [0.1, 0.15) is 5.75 Å². The third kappa shape index (κ3) is 3.98. The number of ether oxygens (including phenoxy) is 1. The van der Waals surface area contributed by atoms with Crippen LogP contribution < -0.4 is 10.1 Å². The predicted octanol–water partition coefficient (Wildman–Crippen LogP) is 1.05. The fourth-order valence-corrected chi connectivity index (χ4v) is 1.77.